The first-order valence-electron chi connectivity index (χ1n) is 10.2. The summed E-state index contributed by atoms with van der Waals surface area (Å²) in [4.78, 5) is 81.1. The molecule has 0 aromatic rings. The first-order valence-corrected chi connectivity index (χ1v) is 10.2. The third-order valence-corrected chi connectivity index (χ3v) is 4.53. The molecular weight excluding hydrogens is 460 g/mol. The molecule has 0 aliphatic rings. The number of carboxylic acid groups (broad SMARTS) is 4. The Balaban J connectivity index is 5.49. The van der Waals surface area contributed by atoms with Crippen molar-refractivity contribution in [1.82, 2.24) is 16.0 Å². The summed E-state index contributed by atoms with van der Waals surface area (Å²) in [5, 5.41) is 42.0. The lowest BCUT2D eigenvalue weighted by Gasteiger charge is -2.26. The van der Waals surface area contributed by atoms with Crippen molar-refractivity contribution < 1.29 is 54.0 Å². The van der Waals surface area contributed by atoms with Crippen molar-refractivity contribution in [2.24, 2.45) is 11.7 Å². The Hall–Kier alpha value is -3.75. The molecule has 0 saturated heterocycles. The van der Waals surface area contributed by atoms with Gasteiger partial charge in [-0.3, -0.25) is 28.8 Å². The molecule has 0 saturated carbocycles. The number of nitrogens with two attached hydrogens (primary N) is 1. The smallest absolute Gasteiger partial charge is 0.326 e. The van der Waals surface area contributed by atoms with E-state index in [0.29, 0.717) is 0 Å². The Bertz CT molecular complexity index is 799. The predicted molar refractivity (Wildman–Crippen MR) is 112 cm³/mol. The Kier molecular flexibility index (Phi) is 12.8. The molecule has 0 aromatic carbocycles. The number of carboxylic acids is 4. The van der Waals surface area contributed by atoms with E-state index in [1.807, 2.05) is 5.32 Å². The second-order valence-electron chi connectivity index (χ2n) is 7.76. The standard InChI is InChI=1S/C19H30N4O11/c1-8(2)15(23-16(30)9(20)3-5-12(24)25)18(32)21-10(4-6-13(26)27)17(31)22-11(19(33)34)7-14(28)29/h8-11,15H,3-7,20H2,1-2H3,(H,21,32)(H,22,31)(H,23,30)(H,24,25)(H,26,27)(H,28,29)(H,33,34). The van der Waals surface area contributed by atoms with Crippen LogP contribution < -0.4 is 21.7 Å². The molecule has 0 rings (SSSR count). The van der Waals surface area contributed by atoms with E-state index in [2.05, 4.69) is 10.6 Å². The second-order valence-corrected chi connectivity index (χ2v) is 7.76. The van der Waals surface area contributed by atoms with Crippen LogP contribution in [-0.4, -0.2) is 86.2 Å². The zero-order chi connectivity index (χ0) is 26.6. The van der Waals surface area contributed by atoms with E-state index >= 15 is 0 Å². The van der Waals surface area contributed by atoms with Crippen molar-refractivity contribution in [2.75, 3.05) is 0 Å². The SMILES string of the molecule is CC(C)C(NC(=O)C(N)CCC(=O)O)C(=O)NC(CCC(=O)O)C(=O)NC(CC(=O)O)C(=O)O. The molecule has 0 spiro atoms. The molecular formula is C19H30N4O11. The molecule has 9 N–H and O–H groups in total. The van der Waals surface area contributed by atoms with Crippen molar-refractivity contribution in [3.05, 3.63) is 0 Å². The lowest BCUT2D eigenvalue weighted by molar-refractivity contribution is -0.147. The number of aliphatic carboxylic acids is 4. The molecule has 0 fully saturated rings. The number of hydrogen-bond acceptors (Lipinski definition) is 8. The van der Waals surface area contributed by atoms with E-state index in [1.165, 1.54) is 0 Å². The summed E-state index contributed by atoms with van der Waals surface area (Å²) < 4.78 is 0. The Labute approximate surface area is 194 Å². The molecule has 15 heteroatoms. The van der Waals surface area contributed by atoms with Gasteiger partial charge in [0.2, 0.25) is 17.7 Å². The normalized spacial score (nSPS) is 14.2. The van der Waals surface area contributed by atoms with Gasteiger partial charge in [-0.05, 0) is 18.8 Å². The van der Waals surface area contributed by atoms with Gasteiger partial charge >= 0.3 is 23.9 Å². The maximum Gasteiger partial charge on any atom is 0.326 e. The Morgan fingerprint density at radius 3 is 1.62 bits per heavy atom. The monoisotopic (exact) mass is 490 g/mol. The summed E-state index contributed by atoms with van der Waals surface area (Å²) in [5.74, 6) is -9.06. The van der Waals surface area contributed by atoms with Crippen LogP contribution in [0.4, 0.5) is 0 Å². The molecule has 0 radical (unpaired) electrons. The van der Waals surface area contributed by atoms with Gasteiger partial charge < -0.3 is 42.1 Å². The highest BCUT2D eigenvalue weighted by Crippen LogP contribution is 2.07. The topological polar surface area (TPSA) is 263 Å². The molecule has 0 aliphatic carbocycles. The van der Waals surface area contributed by atoms with Gasteiger partial charge in [0, 0.05) is 12.8 Å². The minimum absolute atomic E-state index is 0.197. The number of rotatable bonds is 16. The molecule has 0 aromatic heterocycles. The van der Waals surface area contributed by atoms with Crippen LogP contribution in [-0.2, 0) is 33.6 Å². The second kappa shape index (κ2) is 14.4. The van der Waals surface area contributed by atoms with Gasteiger partial charge in [0.05, 0.1) is 12.5 Å². The van der Waals surface area contributed by atoms with E-state index in [0.717, 1.165) is 0 Å². The van der Waals surface area contributed by atoms with Crippen LogP contribution in [0.3, 0.4) is 0 Å². The van der Waals surface area contributed by atoms with E-state index < -0.39 is 90.9 Å². The predicted octanol–water partition coefficient (Wildman–Crippen LogP) is -2.29. The average Bonchev–Trinajstić information content (AvgIpc) is 2.71. The number of nitrogens with one attached hydrogen (secondary N) is 3. The summed E-state index contributed by atoms with van der Waals surface area (Å²) in [6.07, 6.45) is -2.58. The molecule has 0 aliphatic heterocycles. The van der Waals surface area contributed by atoms with Gasteiger partial charge in [-0.1, -0.05) is 13.8 Å². The number of carbonyl (C=O) groups is 7. The summed E-state index contributed by atoms with van der Waals surface area (Å²) in [7, 11) is 0. The summed E-state index contributed by atoms with van der Waals surface area (Å²) >= 11 is 0. The third-order valence-electron chi connectivity index (χ3n) is 4.53. The van der Waals surface area contributed by atoms with Crippen molar-refractivity contribution in [2.45, 2.75) is 70.1 Å². The van der Waals surface area contributed by atoms with Crippen LogP contribution in [0, 0.1) is 5.92 Å². The maximum absolute atomic E-state index is 12.8. The third kappa shape index (κ3) is 11.8. The van der Waals surface area contributed by atoms with Gasteiger partial charge in [0.15, 0.2) is 0 Å². The van der Waals surface area contributed by atoms with Crippen LogP contribution in [0.15, 0.2) is 0 Å². The van der Waals surface area contributed by atoms with Crippen molar-refractivity contribution in [3.8, 4) is 0 Å². The van der Waals surface area contributed by atoms with E-state index in [4.69, 9.17) is 26.2 Å². The fourth-order valence-corrected chi connectivity index (χ4v) is 2.65. The van der Waals surface area contributed by atoms with E-state index in [9.17, 15) is 33.6 Å². The zero-order valence-corrected chi connectivity index (χ0v) is 18.6. The molecule has 15 nitrogen and oxygen atoms in total. The summed E-state index contributed by atoms with van der Waals surface area (Å²) in [6, 6.07) is -5.87. The molecule has 192 valence electrons. The Morgan fingerprint density at radius 2 is 1.18 bits per heavy atom. The summed E-state index contributed by atoms with van der Waals surface area (Å²) in [5.41, 5.74) is 5.63. The fraction of sp³-hybridized carbons (Fsp3) is 0.632. The summed E-state index contributed by atoms with van der Waals surface area (Å²) in [6.45, 7) is 3.10. The minimum Gasteiger partial charge on any atom is -0.481 e. The van der Waals surface area contributed by atoms with Gasteiger partial charge in [-0.15, -0.1) is 0 Å². The van der Waals surface area contributed by atoms with Crippen molar-refractivity contribution >= 4 is 41.6 Å². The molecule has 0 bridgehead atoms. The molecule has 34 heavy (non-hydrogen) atoms. The highest BCUT2D eigenvalue weighted by molar-refractivity contribution is 5.95. The fourth-order valence-electron chi connectivity index (χ4n) is 2.65. The largest absolute Gasteiger partial charge is 0.481 e. The molecule has 4 unspecified atom stereocenters. The van der Waals surface area contributed by atoms with Gasteiger partial charge in [0.1, 0.15) is 18.1 Å². The quantitative estimate of drug-likeness (QED) is 0.114. The number of hydrogen-bond donors (Lipinski definition) is 8. The van der Waals surface area contributed by atoms with Crippen molar-refractivity contribution in [3.63, 3.8) is 0 Å². The van der Waals surface area contributed by atoms with E-state index in [-0.39, 0.29) is 12.8 Å². The van der Waals surface area contributed by atoms with Crippen LogP contribution in [0.2, 0.25) is 0 Å². The number of amides is 3. The number of carbonyl (C=O) groups excluding carboxylic acids is 3. The highest BCUT2D eigenvalue weighted by Gasteiger charge is 2.32. The van der Waals surface area contributed by atoms with Gasteiger partial charge in [-0.2, -0.15) is 0 Å². The van der Waals surface area contributed by atoms with Gasteiger partial charge in [0.25, 0.3) is 0 Å². The van der Waals surface area contributed by atoms with Crippen LogP contribution in [0.25, 0.3) is 0 Å². The van der Waals surface area contributed by atoms with Crippen LogP contribution in [0.5, 0.6) is 0 Å². The van der Waals surface area contributed by atoms with Crippen LogP contribution in [0.1, 0.15) is 46.0 Å². The lowest BCUT2D eigenvalue weighted by atomic mass is 10.0. The van der Waals surface area contributed by atoms with E-state index in [1.54, 1.807) is 13.8 Å². The Morgan fingerprint density at radius 1 is 0.676 bits per heavy atom. The van der Waals surface area contributed by atoms with Gasteiger partial charge in [-0.25, -0.2) is 4.79 Å². The minimum atomic E-state index is -1.83. The zero-order valence-electron chi connectivity index (χ0n) is 18.6. The molecule has 0 heterocycles. The molecule has 4 atom stereocenters. The van der Waals surface area contributed by atoms with Crippen LogP contribution >= 0.6 is 0 Å². The first-order chi connectivity index (χ1) is 15.6. The highest BCUT2D eigenvalue weighted by atomic mass is 16.4. The van der Waals surface area contributed by atoms with Crippen molar-refractivity contribution in [1.29, 1.82) is 0 Å². The first kappa shape index (κ1) is 30.2. The average molecular weight is 490 g/mol. The molecule has 3 amide bonds. The maximum atomic E-state index is 12.8. The lowest BCUT2D eigenvalue weighted by Crippen LogP contribution is -2.58.